The van der Waals surface area contributed by atoms with Gasteiger partial charge in [0.15, 0.2) is 11.5 Å². The largest absolute Gasteiger partial charge is 0.481 e. The molecule has 3 aromatic heterocycles. The molecule has 4 aromatic rings. The van der Waals surface area contributed by atoms with E-state index in [4.69, 9.17) is 14.8 Å². The summed E-state index contributed by atoms with van der Waals surface area (Å²) in [7, 11) is 0. The maximum Gasteiger partial charge on any atom is 0.305 e. The molecular weight excluding hydrogens is 588 g/mol. The predicted molar refractivity (Wildman–Crippen MR) is 177 cm³/mol. The van der Waals surface area contributed by atoms with E-state index in [1.807, 2.05) is 12.1 Å². The predicted octanol–water partition coefficient (Wildman–Crippen LogP) is 3.53. The first-order valence-corrected chi connectivity index (χ1v) is 15.6. The topological polar surface area (TPSA) is 151 Å². The Morgan fingerprint density at radius 3 is 2.52 bits per heavy atom. The van der Waals surface area contributed by atoms with Crippen molar-refractivity contribution in [3.63, 3.8) is 0 Å². The number of carboxylic acid groups (broad SMARTS) is 1. The number of carboxylic acids is 1. The van der Waals surface area contributed by atoms with Crippen LogP contribution in [0.3, 0.4) is 0 Å². The van der Waals surface area contributed by atoms with Crippen LogP contribution in [0.5, 0.6) is 0 Å². The van der Waals surface area contributed by atoms with E-state index in [0.717, 1.165) is 56.9 Å². The van der Waals surface area contributed by atoms with Crippen LogP contribution in [-0.2, 0) is 21.7 Å². The molecule has 0 spiro atoms. The molecule has 1 fully saturated rings. The number of aromatic nitrogens is 5. The van der Waals surface area contributed by atoms with Crippen LogP contribution < -0.4 is 15.8 Å². The summed E-state index contributed by atoms with van der Waals surface area (Å²) in [6.45, 7) is 13.1. The van der Waals surface area contributed by atoms with Gasteiger partial charge in [-0.1, -0.05) is 12.1 Å². The maximum absolute atomic E-state index is 13.3. The van der Waals surface area contributed by atoms with E-state index in [9.17, 15) is 14.7 Å². The third-order valence-electron chi connectivity index (χ3n) is 7.89. The highest BCUT2D eigenvalue weighted by molar-refractivity contribution is 5.77. The standard InChI is InChI=1S/C33H42N8O5/c1-4-15-40-31(44)26-23-34-32(37-30(26)41(40)28-9-7-8-27(36-28)33(2,3)45)35-24-10-12-25(13-11-24)39-19-17-38(18-20-39)16-5-6-21-46-22-14-29(42)43/h4,7-13,23,45H,1,5-6,14-22H2,2-3H3,(H,42,43)(H,34,35,37). The first-order chi connectivity index (χ1) is 22.1. The summed E-state index contributed by atoms with van der Waals surface area (Å²) in [6.07, 6.45) is 5.16. The van der Waals surface area contributed by atoms with E-state index < -0.39 is 11.6 Å². The Morgan fingerprint density at radius 2 is 1.83 bits per heavy atom. The number of unbranched alkanes of at least 4 members (excludes halogenated alkanes) is 1. The number of piperazine rings is 1. The average molecular weight is 631 g/mol. The molecule has 13 heteroatoms. The van der Waals surface area contributed by atoms with Gasteiger partial charge in [-0.3, -0.25) is 14.5 Å². The molecular formula is C33H42N8O5. The van der Waals surface area contributed by atoms with Crippen molar-refractivity contribution >= 4 is 34.3 Å². The fourth-order valence-electron chi connectivity index (χ4n) is 5.41. The number of benzene rings is 1. The lowest BCUT2D eigenvalue weighted by Gasteiger charge is -2.36. The van der Waals surface area contributed by atoms with Gasteiger partial charge in [-0.2, -0.15) is 4.98 Å². The van der Waals surface area contributed by atoms with Gasteiger partial charge in [0, 0.05) is 50.4 Å². The summed E-state index contributed by atoms with van der Waals surface area (Å²) in [5.41, 5.74) is 1.39. The molecule has 0 radical (unpaired) electrons. The number of hydrogen-bond donors (Lipinski definition) is 3. The van der Waals surface area contributed by atoms with Crippen molar-refractivity contribution in [3.05, 3.63) is 77.4 Å². The lowest BCUT2D eigenvalue weighted by molar-refractivity contribution is -0.138. The van der Waals surface area contributed by atoms with Crippen LogP contribution in [-0.4, -0.2) is 91.3 Å². The number of fused-ring (bicyclic) bond motifs is 1. The zero-order valence-electron chi connectivity index (χ0n) is 26.4. The molecule has 3 N–H and O–H groups in total. The van der Waals surface area contributed by atoms with Gasteiger partial charge in [0.25, 0.3) is 5.56 Å². The highest BCUT2D eigenvalue weighted by atomic mass is 16.5. The van der Waals surface area contributed by atoms with Crippen molar-refractivity contribution in [2.75, 3.05) is 56.2 Å². The van der Waals surface area contributed by atoms with E-state index in [1.165, 1.54) is 10.9 Å². The van der Waals surface area contributed by atoms with E-state index in [1.54, 1.807) is 42.8 Å². The maximum atomic E-state index is 13.3. The summed E-state index contributed by atoms with van der Waals surface area (Å²) >= 11 is 0. The summed E-state index contributed by atoms with van der Waals surface area (Å²) in [4.78, 5) is 42.4. The molecule has 0 aliphatic carbocycles. The molecule has 0 bridgehead atoms. The fourth-order valence-corrected chi connectivity index (χ4v) is 5.41. The molecule has 1 aliphatic rings. The van der Waals surface area contributed by atoms with Gasteiger partial charge in [0.1, 0.15) is 11.0 Å². The van der Waals surface area contributed by atoms with Gasteiger partial charge in [-0.05, 0) is 69.6 Å². The Kier molecular flexibility index (Phi) is 10.5. The molecule has 0 atom stereocenters. The van der Waals surface area contributed by atoms with Crippen LogP contribution in [0, 0.1) is 0 Å². The van der Waals surface area contributed by atoms with Crippen LogP contribution in [0.2, 0.25) is 0 Å². The molecule has 1 aliphatic heterocycles. The van der Waals surface area contributed by atoms with E-state index in [0.29, 0.717) is 35.1 Å². The number of aliphatic hydroxyl groups is 1. The Morgan fingerprint density at radius 1 is 1.07 bits per heavy atom. The molecule has 4 heterocycles. The highest BCUT2D eigenvalue weighted by Crippen LogP contribution is 2.24. The monoisotopic (exact) mass is 630 g/mol. The van der Waals surface area contributed by atoms with Crippen LogP contribution in [0.15, 0.2) is 66.1 Å². The smallest absolute Gasteiger partial charge is 0.305 e. The van der Waals surface area contributed by atoms with Gasteiger partial charge in [0.05, 0.1) is 25.3 Å². The van der Waals surface area contributed by atoms with Crippen molar-refractivity contribution in [2.45, 2.75) is 45.3 Å². The number of pyridine rings is 1. The molecule has 244 valence electrons. The molecule has 1 saturated heterocycles. The normalized spacial score (nSPS) is 14.1. The summed E-state index contributed by atoms with van der Waals surface area (Å²) in [5, 5.41) is 22.8. The third kappa shape index (κ3) is 7.97. The third-order valence-corrected chi connectivity index (χ3v) is 7.89. The van der Waals surface area contributed by atoms with Crippen LogP contribution >= 0.6 is 0 Å². The second kappa shape index (κ2) is 14.7. The summed E-state index contributed by atoms with van der Waals surface area (Å²) in [6, 6.07) is 13.4. The number of carbonyl (C=O) groups is 1. The van der Waals surface area contributed by atoms with Gasteiger partial charge in [-0.25, -0.2) is 19.3 Å². The fraction of sp³-hybridized carbons (Fsp3) is 0.424. The SMILES string of the molecule is C=CCn1c(=O)c2cnc(Nc3ccc(N4CCN(CCCCOCCC(=O)O)CC4)cc3)nc2n1-c1cccc(C(C)(C)O)n1. The van der Waals surface area contributed by atoms with Gasteiger partial charge in [-0.15, -0.1) is 6.58 Å². The van der Waals surface area contributed by atoms with Gasteiger partial charge >= 0.3 is 5.97 Å². The van der Waals surface area contributed by atoms with E-state index in [2.05, 4.69) is 43.8 Å². The molecule has 5 rings (SSSR count). The average Bonchev–Trinajstić information content (AvgIpc) is 3.31. The lowest BCUT2D eigenvalue weighted by atomic mass is 10.1. The van der Waals surface area contributed by atoms with Crippen molar-refractivity contribution in [2.24, 2.45) is 0 Å². The molecule has 0 amide bonds. The minimum atomic E-state index is -1.16. The van der Waals surface area contributed by atoms with Crippen LogP contribution in [0.1, 0.15) is 38.8 Å². The van der Waals surface area contributed by atoms with Gasteiger partial charge in [0.2, 0.25) is 5.95 Å². The number of rotatable bonds is 15. The molecule has 13 nitrogen and oxygen atoms in total. The Balaban J connectivity index is 1.22. The zero-order chi connectivity index (χ0) is 32.7. The summed E-state index contributed by atoms with van der Waals surface area (Å²) < 4.78 is 8.52. The molecule has 46 heavy (non-hydrogen) atoms. The first kappa shape index (κ1) is 32.8. The van der Waals surface area contributed by atoms with E-state index >= 15 is 0 Å². The number of hydrogen-bond acceptors (Lipinski definition) is 10. The minimum absolute atomic E-state index is 0.0515. The molecule has 0 saturated carbocycles. The quantitative estimate of drug-likeness (QED) is 0.131. The first-order valence-electron chi connectivity index (χ1n) is 15.6. The van der Waals surface area contributed by atoms with Crippen molar-refractivity contribution in [1.82, 2.24) is 29.2 Å². The number of anilines is 3. The van der Waals surface area contributed by atoms with E-state index in [-0.39, 0.29) is 25.1 Å². The number of ether oxygens (including phenoxy) is 1. The number of aliphatic carboxylic acids is 1. The molecule has 1 aromatic carbocycles. The second-order valence-electron chi connectivity index (χ2n) is 11.8. The lowest BCUT2D eigenvalue weighted by Crippen LogP contribution is -2.46. The summed E-state index contributed by atoms with van der Waals surface area (Å²) in [5.74, 6) is -0.0437. The van der Waals surface area contributed by atoms with Crippen molar-refractivity contribution < 1.29 is 19.7 Å². The number of allylic oxidation sites excluding steroid dienone is 1. The second-order valence-corrected chi connectivity index (χ2v) is 11.8. The highest BCUT2D eigenvalue weighted by Gasteiger charge is 2.22. The Bertz CT molecular complexity index is 1700. The zero-order valence-corrected chi connectivity index (χ0v) is 26.4. The Labute approximate surface area is 267 Å². The number of nitrogens with one attached hydrogen (secondary N) is 1. The Hall–Kier alpha value is -4.59. The van der Waals surface area contributed by atoms with Gasteiger partial charge < -0.3 is 25.2 Å². The van der Waals surface area contributed by atoms with Crippen molar-refractivity contribution in [1.29, 1.82) is 0 Å². The van der Waals surface area contributed by atoms with Crippen LogP contribution in [0.25, 0.3) is 16.9 Å². The number of nitrogens with zero attached hydrogens (tertiary/aromatic N) is 7. The van der Waals surface area contributed by atoms with Crippen LogP contribution in [0.4, 0.5) is 17.3 Å². The van der Waals surface area contributed by atoms with Crippen molar-refractivity contribution in [3.8, 4) is 5.82 Å². The minimum Gasteiger partial charge on any atom is -0.481 e. The molecule has 0 unspecified atom stereocenters.